The summed E-state index contributed by atoms with van der Waals surface area (Å²) in [7, 11) is 0. The number of rotatable bonds is 3. The van der Waals surface area contributed by atoms with Crippen LogP contribution in [0.15, 0.2) is 76.1 Å². The lowest BCUT2D eigenvalue weighted by atomic mass is 10.0. The van der Waals surface area contributed by atoms with E-state index in [4.69, 9.17) is 32.4 Å². The van der Waals surface area contributed by atoms with E-state index in [1.807, 2.05) is 48.5 Å². The van der Waals surface area contributed by atoms with E-state index in [2.05, 4.69) is 4.90 Å². The van der Waals surface area contributed by atoms with Crippen molar-refractivity contribution >= 4 is 34.2 Å². The van der Waals surface area contributed by atoms with E-state index < -0.39 is 0 Å². The summed E-state index contributed by atoms with van der Waals surface area (Å²) in [6.45, 7) is 1.67. The monoisotopic (exact) mass is 437 g/mol. The summed E-state index contributed by atoms with van der Waals surface area (Å²) < 4.78 is 11.9. The fourth-order valence-electron chi connectivity index (χ4n) is 3.77. The highest BCUT2D eigenvalue weighted by Gasteiger charge is 2.23. The van der Waals surface area contributed by atoms with Gasteiger partial charge < -0.3 is 9.15 Å². The van der Waals surface area contributed by atoms with Gasteiger partial charge in [-0.15, -0.1) is 0 Å². The summed E-state index contributed by atoms with van der Waals surface area (Å²) in [4.78, 5) is 15.2. The molecule has 1 aromatic heterocycles. The second-order valence-electron chi connectivity index (χ2n) is 7.27. The fraction of sp³-hybridized carbons (Fsp3) is 0.125. The molecule has 5 rings (SSSR count). The molecule has 150 valence electrons. The molecule has 0 bridgehead atoms. The summed E-state index contributed by atoms with van der Waals surface area (Å²) in [5.74, 6) is 0.739. The van der Waals surface area contributed by atoms with Crippen LogP contribution >= 0.6 is 23.2 Å². The van der Waals surface area contributed by atoms with Crippen LogP contribution in [0.3, 0.4) is 0 Å². The molecule has 0 N–H and O–H groups in total. The Labute approximate surface area is 183 Å². The van der Waals surface area contributed by atoms with Crippen LogP contribution in [-0.2, 0) is 13.1 Å². The van der Waals surface area contributed by atoms with Crippen molar-refractivity contribution in [3.63, 3.8) is 0 Å². The highest BCUT2D eigenvalue weighted by molar-refractivity contribution is 6.42. The van der Waals surface area contributed by atoms with Gasteiger partial charge in [-0.3, -0.25) is 9.69 Å². The molecule has 0 fully saturated rings. The Kier molecular flexibility index (Phi) is 4.99. The fourth-order valence-corrected chi connectivity index (χ4v) is 4.09. The van der Waals surface area contributed by atoms with Crippen LogP contribution in [0.1, 0.15) is 11.1 Å². The third-order valence-corrected chi connectivity index (χ3v) is 6.00. The first-order valence-corrected chi connectivity index (χ1v) is 10.3. The van der Waals surface area contributed by atoms with Crippen molar-refractivity contribution in [2.75, 3.05) is 6.73 Å². The maximum absolute atomic E-state index is 13.1. The molecule has 6 heteroatoms. The Morgan fingerprint density at radius 3 is 2.60 bits per heavy atom. The van der Waals surface area contributed by atoms with E-state index in [-0.39, 0.29) is 5.43 Å². The lowest BCUT2D eigenvalue weighted by Crippen LogP contribution is -2.31. The van der Waals surface area contributed by atoms with Gasteiger partial charge in [-0.1, -0.05) is 59.6 Å². The zero-order chi connectivity index (χ0) is 20.7. The second kappa shape index (κ2) is 7.80. The second-order valence-corrected chi connectivity index (χ2v) is 8.09. The zero-order valence-electron chi connectivity index (χ0n) is 15.9. The van der Waals surface area contributed by atoms with Gasteiger partial charge in [-0.05, 0) is 35.4 Å². The molecule has 30 heavy (non-hydrogen) atoms. The van der Waals surface area contributed by atoms with Crippen LogP contribution in [0, 0.1) is 0 Å². The minimum atomic E-state index is -0.0492. The van der Waals surface area contributed by atoms with Gasteiger partial charge in [0, 0.05) is 13.1 Å². The van der Waals surface area contributed by atoms with Gasteiger partial charge in [0.1, 0.15) is 24.3 Å². The van der Waals surface area contributed by atoms with Crippen LogP contribution in [0.5, 0.6) is 5.75 Å². The first-order valence-electron chi connectivity index (χ1n) is 9.52. The van der Waals surface area contributed by atoms with E-state index in [1.165, 1.54) is 6.26 Å². The molecule has 1 aliphatic rings. The molecule has 1 aliphatic heterocycles. The number of hydrogen-bond acceptors (Lipinski definition) is 4. The molecule has 0 aliphatic carbocycles. The van der Waals surface area contributed by atoms with Gasteiger partial charge in [-0.25, -0.2) is 0 Å². The minimum Gasteiger partial charge on any atom is -0.478 e. The van der Waals surface area contributed by atoms with Crippen molar-refractivity contribution in [2.45, 2.75) is 13.1 Å². The van der Waals surface area contributed by atoms with E-state index >= 15 is 0 Å². The van der Waals surface area contributed by atoms with Gasteiger partial charge in [-0.2, -0.15) is 0 Å². The van der Waals surface area contributed by atoms with Crippen molar-refractivity contribution < 1.29 is 9.15 Å². The quantitative estimate of drug-likeness (QED) is 0.387. The standard InChI is InChI=1S/C24H17Cl2NO3/c25-20-8-6-15(10-21(20)26)11-27-12-18-22(30-14-27)9-7-17-23(28)19(13-29-24(17)18)16-4-2-1-3-5-16/h1-10,13H,11-12,14H2. The van der Waals surface area contributed by atoms with Gasteiger partial charge in [0.25, 0.3) is 0 Å². The number of nitrogens with zero attached hydrogens (tertiary/aromatic N) is 1. The molecule has 2 heterocycles. The Hall–Kier alpha value is -2.79. The predicted molar refractivity (Wildman–Crippen MR) is 119 cm³/mol. The molecule has 0 spiro atoms. The lowest BCUT2D eigenvalue weighted by molar-refractivity contribution is 0.0890. The largest absolute Gasteiger partial charge is 0.478 e. The van der Waals surface area contributed by atoms with Crippen molar-refractivity contribution in [3.8, 4) is 16.9 Å². The van der Waals surface area contributed by atoms with E-state index in [0.717, 1.165) is 22.4 Å². The van der Waals surface area contributed by atoms with Crippen LogP contribution in [0.2, 0.25) is 10.0 Å². The van der Waals surface area contributed by atoms with E-state index in [1.54, 1.807) is 12.1 Å². The maximum Gasteiger partial charge on any atom is 0.200 e. The number of benzene rings is 3. The average Bonchev–Trinajstić information content (AvgIpc) is 2.77. The molecule has 0 atom stereocenters. The molecule has 0 unspecified atom stereocenters. The summed E-state index contributed by atoms with van der Waals surface area (Å²) >= 11 is 12.2. The van der Waals surface area contributed by atoms with Gasteiger partial charge in [0.05, 0.1) is 26.6 Å². The summed E-state index contributed by atoms with van der Waals surface area (Å²) in [6.07, 6.45) is 1.54. The minimum absolute atomic E-state index is 0.0492. The van der Waals surface area contributed by atoms with Crippen LogP contribution in [-0.4, -0.2) is 11.6 Å². The molecule has 0 saturated carbocycles. The molecular weight excluding hydrogens is 421 g/mol. The van der Waals surface area contributed by atoms with Crippen LogP contribution < -0.4 is 10.2 Å². The van der Waals surface area contributed by atoms with Gasteiger partial charge >= 0.3 is 0 Å². The third-order valence-electron chi connectivity index (χ3n) is 5.26. The smallest absolute Gasteiger partial charge is 0.200 e. The first kappa shape index (κ1) is 19.2. The normalized spacial score (nSPS) is 13.8. The highest BCUT2D eigenvalue weighted by atomic mass is 35.5. The molecule has 0 amide bonds. The Balaban J connectivity index is 1.50. The number of ether oxygens (including phenoxy) is 1. The molecule has 0 saturated heterocycles. The van der Waals surface area contributed by atoms with Gasteiger partial charge in [0.2, 0.25) is 5.43 Å². The summed E-state index contributed by atoms with van der Waals surface area (Å²) in [6, 6.07) is 18.7. The zero-order valence-corrected chi connectivity index (χ0v) is 17.4. The van der Waals surface area contributed by atoms with E-state index in [0.29, 0.717) is 46.4 Å². The summed E-state index contributed by atoms with van der Waals surface area (Å²) in [5.41, 5.74) is 3.80. The molecule has 3 aromatic carbocycles. The first-order chi connectivity index (χ1) is 14.6. The molecule has 4 nitrogen and oxygen atoms in total. The van der Waals surface area contributed by atoms with Crippen LogP contribution in [0.4, 0.5) is 0 Å². The number of hydrogen-bond donors (Lipinski definition) is 0. The van der Waals surface area contributed by atoms with Crippen molar-refractivity contribution in [2.24, 2.45) is 0 Å². The Morgan fingerprint density at radius 2 is 1.80 bits per heavy atom. The maximum atomic E-state index is 13.1. The van der Waals surface area contributed by atoms with Crippen molar-refractivity contribution in [1.82, 2.24) is 4.90 Å². The average molecular weight is 438 g/mol. The highest BCUT2D eigenvalue weighted by Crippen LogP contribution is 2.33. The number of halogens is 2. The molecule has 4 aromatic rings. The lowest BCUT2D eigenvalue weighted by Gasteiger charge is -2.29. The van der Waals surface area contributed by atoms with Crippen molar-refractivity contribution in [1.29, 1.82) is 0 Å². The van der Waals surface area contributed by atoms with Crippen molar-refractivity contribution in [3.05, 3.63) is 98.3 Å². The van der Waals surface area contributed by atoms with E-state index in [9.17, 15) is 4.79 Å². The Bertz CT molecular complexity index is 1300. The topological polar surface area (TPSA) is 42.7 Å². The number of fused-ring (bicyclic) bond motifs is 3. The third kappa shape index (κ3) is 3.47. The molecular formula is C24H17Cl2NO3. The van der Waals surface area contributed by atoms with Crippen LogP contribution in [0.25, 0.3) is 22.1 Å². The summed E-state index contributed by atoms with van der Waals surface area (Å²) in [5, 5.41) is 1.61. The predicted octanol–water partition coefficient (Wildman–Crippen LogP) is 6.12. The molecule has 0 radical (unpaired) electrons. The van der Waals surface area contributed by atoms with Gasteiger partial charge in [0.15, 0.2) is 0 Å². The Morgan fingerprint density at radius 1 is 0.967 bits per heavy atom. The SMILES string of the molecule is O=c1c(-c2ccccc2)coc2c3c(ccc12)OCN(Cc1ccc(Cl)c(Cl)c1)C3.